The molecule has 30 heavy (non-hydrogen) atoms. The van der Waals surface area contributed by atoms with Gasteiger partial charge in [0.1, 0.15) is 0 Å². The fourth-order valence-corrected chi connectivity index (χ4v) is 4.88. The largest absolute Gasteiger partial charge is 0.341 e. The molecule has 1 aromatic carbocycles. The van der Waals surface area contributed by atoms with E-state index in [1.54, 1.807) is 0 Å². The number of aromatic amines is 1. The maximum absolute atomic E-state index is 4.89. The van der Waals surface area contributed by atoms with Crippen molar-refractivity contribution < 1.29 is 0 Å². The number of aryl methyl sites for hydroxylation is 1. The van der Waals surface area contributed by atoms with Gasteiger partial charge in [0.25, 0.3) is 0 Å². The molecule has 5 rings (SSSR count). The second-order valence-electron chi connectivity index (χ2n) is 8.70. The van der Waals surface area contributed by atoms with Crippen LogP contribution in [0.5, 0.6) is 0 Å². The molecule has 2 aliphatic heterocycles. The van der Waals surface area contributed by atoms with Crippen LogP contribution in [0.4, 0.5) is 5.95 Å². The minimum Gasteiger partial charge on any atom is -0.341 e. The number of nitrogens with zero attached hydrogens (tertiary/aromatic N) is 5. The molecule has 2 fully saturated rings. The van der Waals surface area contributed by atoms with Gasteiger partial charge in [-0.2, -0.15) is 5.10 Å². The number of benzene rings is 1. The van der Waals surface area contributed by atoms with Gasteiger partial charge in [-0.3, -0.25) is 10.00 Å². The monoisotopic (exact) mass is 402 g/mol. The standard InChI is InChI=1S/C24H30N6/c1-18-6-4-7-19(14-18)16-29-11-5-8-20(17-29)23-21(15-26-28-23)22-9-10-25-24(27-22)30-12-2-3-13-30/h4,6-7,9-10,14-15,20H,2-3,5,8,11-13,16-17H2,1H3,(H,26,28)/t20-/m1/s1. The van der Waals surface area contributed by atoms with E-state index in [2.05, 4.69) is 56.2 Å². The summed E-state index contributed by atoms with van der Waals surface area (Å²) >= 11 is 0. The van der Waals surface area contributed by atoms with Gasteiger partial charge in [0.15, 0.2) is 0 Å². The molecule has 0 bridgehead atoms. The van der Waals surface area contributed by atoms with E-state index < -0.39 is 0 Å². The third-order valence-electron chi connectivity index (χ3n) is 6.38. The van der Waals surface area contributed by atoms with Gasteiger partial charge in [-0.1, -0.05) is 29.8 Å². The van der Waals surface area contributed by atoms with Crippen LogP contribution in [0.15, 0.2) is 42.7 Å². The zero-order valence-electron chi connectivity index (χ0n) is 17.7. The maximum atomic E-state index is 4.89. The van der Waals surface area contributed by atoms with E-state index in [4.69, 9.17) is 4.98 Å². The highest BCUT2D eigenvalue weighted by Gasteiger charge is 2.26. The summed E-state index contributed by atoms with van der Waals surface area (Å²) in [6, 6.07) is 10.9. The second kappa shape index (κ2) is 8.56. The van der Waals surface area contributed by atoms with E-state index in [-0.39, 0.29) is 0 Å². The molecule has 156 valence electrons. The van der Waals surface area contributed by atoms with Crippen molar-refractivity contribution in [2.45, 2.75) is 45.1 Å². The predicted molar refractivity (Wildman–Crippen MR) is 119 cm³/mol. The second-order valence-corrected chi connectivity index (χ2v) is 8.70. The molecule has 0 spiro atoms. The zero-order valence-corrected chi connectivity index (χ0v) is 17.7. The van der Waals surface area contributed by atoms with E-state index in [1.165, 1.54) is 42.5 Å². The minimum absolute atomic E-state index is 0.450. The third-order valence-corrected chi connectivity index (χ3v) is 6.38. The summed E-state index contributed by atoms with van der Waals surface area (Å²) in [6.07, 6.45) is 8.66. The first-order valence-electron chi connectivity index (χ1n) is 11.2. The fraction of sp³-hybridized carbons (Fsp3) is 0.458. The number of rotatable bonds is 5. The highest BCUT2D eigenvalue weighted by Crippen LogP contribution is 2.33. The summed E-state index contributed by atoms with van der Waals surface area (Å²) in [4.78, 5) is 14.3. The van der Waals surface area contributed by atoms with E-state index in [0.717, 1.165) is 49.9 Å². The Hall–Kier alpha value is -2.73. The van der Waals surface area contributed by atoms with Crippen LogP contribution in [0.1, 0.15) is 48.4 Å². The Morgan fingerprint density at radius 2 is 2.00 bits per heavy atom. The van der Waals surface area contributed by atoms with Gasteiger partial charge in [0, 0.05) is 49.6 Å². The van der Waals surface area contributed by atoms with Crippen molar-refractivity contribution in [1.82, 2.24) is 25.1 Å². The number of hydrogen-bond donors (Lipinski definition) is 1. The Morgan fingerprint density at radius 3 is 2.87 bits per heavy atom. The lowest BCUT2D eigenvalue weighted by atomic mass is 9.91. The number of piperidine rings is 1. The molecule has 0 saturated carbocycles. The number of anilines is 1. The Kier molecular flexibility index (Phi) is 5.49. The van der Waals surface area contributed by atoms with Crippen molar-refractivity contribution in [2.24, 2.45) is 0 Å². The molecule has 2 aromatic heterocycles. The lowest BCUT2D eigenvalue weighted by Gasteiger charge is -2.32. The summed E-state index contributed by atoms with van der Waals surface area (Å²) in [5.74, 6) is 1.30. The molecule has 4 heterocycles. The molecular weight excluding hydrogens is 372 g/mol. The molecular formula is C24H30N6. The van der Waals surface area contributed by atoms with Gasteiger partial charge >= 0.3 is 0 Å². The van der Waals surface area contributed by atoms with Crippen LogP contribution in [0.3, 0.4) is 0 Å². The lowest BCUT2D eigenvalue weighted by Crippen LogP contribution is -2.34. The van der Waals surface area contributed by atoms with E-state index >= 15 is 0 Å². The summed E-state index contributed by atoms with van der Waals surface area (Å²) < 4.78 is 0. The minimum atomic E-state index is 0.450. The molecule has 2 saturated heterocycles. The van der Waals surface area contributed by atoms with Crippen molar-refractivity contribution in [3.8, 4) is 11.3 Å². The van der Waals surface area contributed by atoms with Crippen LogP contribution < -0.4 is 4.90 Å². The molecule has 0 radical (unpaired) electrons. The first kappa shape index (κ1) is 19.2. The van der Waals surface area contributed by atoms with Gasteiger partial charge in [-0.15, -0.1) is 0 Å². The number of H-pyrrole nitrogens is 1. The average Bonchev–Trinajstić information content (AvgIpc) is 3.47. The number of aromatic nitrogens is 4. The van der Waals surface area contributed by atoms with Crippen molar-refractivity contribution >= 4 is 5.95 Å². The van der Waals surface area contributed by atoms with Gasteiger partial charge < -0.3 is 4.90 Å². The Labute approximate surface area is 178 Å². The van der Waals surface area contributed by atoms with E-state index in [9.17, 15) is 0 Å². The highest BCUT2D eigenvalue weighted by atomic mass is 15.3. The average molecular weight is 403 g/mol. The first-order valence-corrected chi connectivity index (χ1v) is 11.2. The van der Waals surface area contributed by atoms with Crippen molar-refractivity contribution in [3.05, 3.63) is 59.5 Å². The topological polar surface area (TPSA) is 60.9 Å². The van der Waals surface area contributed by atoms with Crippen LogP contribution in [0, 0.1) is 6.92 Å². The summed E-state index contributed by atoms with van der Waals surface area (Å²) in [7, 11) is 0. The van der Waals surface area contributed by atoms with Gasteiger partial charge in [-0.25, -0.2) is 9.97 Å². The van der Waals surface area contributed by atoms with Crippen molar-refractivity contribution in [1.29, 1.82) is 0 Å². The smallest absolute Gasteiger partial charge is 0.225 e. The summed E-state index contributed by atoms with van der Waals surface area (Å²) in [6.45, 7) is 7.48. The molecule has 1 atom stereocenters. The van der Waals surface area contributed by atoms with E-state index in [0.29, 0.717) is 5.92 Å². The third kappa shape index (κ3) is 4.10. The predicted octanol–water partition coefficient (Wildman–Crippen LogP) is 4.15. The van der Waals surface area contributed by atoms with Crippen LogP contribution in [-0.2, 0) is 6.54 Å². The molecule has 2 aliphatic rings. The molecule has 0 amide bonds. The van der Waals surface area contributed by atoms with E-state index in [1.807, 2.05) is 18.5 Å². The first-order chi connectivity index (χ1) is 14.8. The highest BCUT2D eigenvalue weighted by molar-refractivity contribution is 5.63. The fourth-order valence-electron chi connectivity index (χ4n) is 4.88. The Balaban J connectivity index is 1.34. The maximum Gasteiger partial charge on any atom is 0.225 e. The van der Waals surface area contributed by atoms with Crippen LogP contribution in [-0.4, -0.2) is 51.2 Å². The van der Waals surface area contributed by atoms with Crippen LogP contribution >= 0.6 is 0 Å². The summed E-state index contributed by atoms with van der Waals surface area (Å²) in [5, 5.41) is 7.71. The number of hydrogen-bond acceptors (Lipinski definition) is 5. The molecule has 0 unspecified atom stereocenters. The van der Waals surface area contributed by atoms with Gasteiger partial charge in [-0.05, 0) is 50.8 Å². The van der Waals surface area contributed by atoms with Crippen LogP contribution in [0.25, 0.3) is 11.3 Å². The SMILES string of the molecule is Cc1cccc(CN2CCC[C@@H](c3[nH]ncc3-c3ccnc(N4CCCC4)n3)C2)c1. The molecule has 6 heteroatoms. The number of nitrogens with one attached hydrogen (secondary N) is 1. The Morgan fingerprint density at radius 1 is 1.10 bits per heavy atom. The van der Waals surface area contributed by atoms with Crippen molar-refractivity contribution in [2.75, 3.05) is 31.1 Å². The molecule has 6 nitrogen and oxygen atoms in total. The lowest BCUT2D eigenvalue weighted by molar-refractivity contribution is 0.198. The zero-order chi connectivity index (χ0) is 20.3. The van der Waals surface area contributed by atoms with Crippen molar-refractivity contribution in [3.63, 3.8) is 0 Å². The van der Waals surface area contributed by atoms with Gasteiger partial charge in [0.2, 0.25) is 5.95 Å². The molecule has 0 aliphatic carbocycles. The Bertz CT molecular complexity index is 991. The van der Waals surface area contributed by atoms with Gasteiger partial charge in [0.05, 0.1) is 11.9 Å². The quantitative estimate of drug-likeness (QED) is 0.694. The molecule has 3 aromatic rings. The summed E-state index contributed by atoms with van der Waals surface area (Å²) in [5.41, 5.74) is 6.04. The normalized spacial score (nSPS) is 20.0. The van der Waals surface area contributed by atoms with Crippen LogP contribution in [0.2, 0.25) is 0 Å². The number of likely N-dealkylation sites (tertiary alicyclic amines) is 1. The molecule has 1 N–H and O–H groups in total.